The Balaban J connectivity index is 2.31. The highest BCUT2D eigenvalue weighted by molar-refractivity contribution is 6.33. The van der Waals surface area contributed by atoms with Crippen molar-refractivity contribution in [2.24, 2.45) is 0 Å². The summed E-state index contributed by atoms with van der Waals surface area (Å²) in [5.74, 6) is 0. The van der Waals surface area contributed by atoms with E-state index in [2.05, 4.69) is 5.32 Å². The predicted octanol–water partition coefficient (Wildman–Crippen LogP) is 5.53. The van der Waals surface area contributed by atoms with E-state index in [0.29, 0.717) is 10.7 Å². The van der Waals surface area contributed by atoms with Crippen LogP contribution in [0.2, 0.25) is 5.02 Å². The number of para-hydroxylation sites is 1. The number of halogens is 4. The second kappa shape index (κ2) is 5.75. The second-order valence-electron chi connectivity index (χ2n) is 4.43. The zero-order valence-corrected chi connectivity index (χ0v) is 11.5. The number of benzene rings is 2. The van der Waals surface area contributed by atoms with E-state index in [4.69, 9.17) is 11.6 Å². The number of hydrogen-bond acceptors (Lipinski definition) is 1. The van der Waals surface area contributed by atoms with Crippen molar-refractivity contribution in [3.05, 3.63) is 64.7 Å². The Hall–Kier alpha value is -1.68. The third-order valence-corrected chi connectivity index (χ3v) is 3.31. The first-order valence-electron chi connectivity index (χ1n) is 6.07. The van der Waals surface area contributed by atoms with Crippen LogP contribution in [0.15, 0.2) is 48.5 Å². The zero-order valence-electron chi connectivity index (χ0n) is 10.7. The molecule has 2 aromatic carbocycles. The monoisotopic (exact) mass is 299 g/mol. The first-order valence-corrected chi connectivity index (χ1v) is 6.44. The molecule has 0 saturated carbocycles. The average Bonchev–Trinajstić information content (AvgIpc) is 2.40. The Kier molecular flexibility index (Phi) is 4.23. The third kappa shape index (κ3) is 3.25. The van der Waals surface area contributed by atoms with Gasteiger partial charge in [0.15, 0.2) is 0 Å². The van der Waals surface area contributed by atoms with Gasteiger partial charge >= 0.3 is 6.18 Å². The Labute approximate surface area is 120 Å². The first-order chi connectivity index (χ1) is 9.39. The first kappa shape index (κ1) is 14.7. The van der Waals surface area contributed by atoms with Crippen LogP contribution < -0.4 is 5.32 Å². The van der Waals surface area contributed by atoms with E-state index in [0.717, 1.165) is 6.07 Å². The molecule has 0 radical (unpaired) electrons. The Morgan fingerprint density at radius 3 is 2.25 bits per heavy atom. The van der Waals surface area contributed by atoms with E-state index >= 15 is 0 Å². The summed E-state index contributed by atoms with van der Waals surface area (Å²) in [5.41, 5.74) is 0.172. The Morgan fingerprint density at radius 2 is 1.60 bits per heavy atom. The van der Waals surface area contributed by atoms with E-state index in [1.165, 1.54) is 12.1 Å². The maximum absolute atomic E-state index is 13.0. The quantitative estimate of drug-likeness (QED) is 0.785. The summed E-state index contributed by atoms with van der Waals surface area (Å²) in [5, 5.41) is 3.48. The average molecular weight is 300 g/mol. The summed E-state index contributed by atoms with van der Waals surface area (Å²) in [4.78, 5) is 0. The van der Waals surface area contributed by atoms with Gasteiger partial charge in [0, 0.05) is 6.04 Å². The lowest BCUT2D eigenvalue weighted by Gasteiger charge is -2.21. The van der Waals surface area contributed by atoms with Crippen molar-refractivity contribution >= 4 is 17.3 Å². The Morgan fingerprint density at radius 1 is 1.00 bits per heavy atom. The van der Waals surface area contributed by atoms with Crippen LogP contribution >= 0.6 is 11.6 Å². The third-order valence-electron chi connectivity index (χ3n) is 2.98. The minimum absolute atomic E-state index is 0.194. The molecule has 0 heterocycles. The summed E-state index contributed by atoms with van der Waals surface area (Å²) >= 11 is 6.00. The molecule has 1 N–H and O–H groups in total. The van der Waals surface area contributed by atoms with E-state index in [1.54, 1.807) is 37.3 Å². The number of anilines is 1. The fourth-order valence-corrected chi connectivity index (χ4v) is 2.21. The molecule has 106 valence electrons. The summed E-state index contributed by atoms with van der Waals surface area (Å²) in [6.07, 6.45) is -4.37. The van der Waals surface area contributed by atoms with Gasteiger partial charge in [-0.3, -0.25) is 0 Å². The number of nitrogens with one attached hydrogen (secondary N) is 1. The molecule has 0 aliphatic heterocycles. The molecule has 0 aliphatic carbocycles. The molecule has 0 bridgehead atoms. The van der Waals surface area contributed by atoms with E-state index < -0.39 is 17.8 Å². The normalized spacial score (nSPS) is 13.1. The van der Waals surface area contributed by atoms with Crippen LogP contribution in [0.4, 0.5) is 18.9 Å². The smallest absolute Gasteiger partial charge is 0.377 e. The van der Waals surface area contributed by atoms with Crippen molar-refractivity contribution in [1.82, 2.24) is 0 Å². The van der Waals surface area contributed by atoms with Crippen molar-refractivity contribution in [3.63, 3.8) is 0 Å². The highest BCUT2D eigenvalue weighted by Crippen LogP contribution is 2.36. The van der Waals surface area contributed by atoms with Gasteiger partial charge < -0.3 is 5.32 Å². The number of alkyl halides is 3. The molecule has 1 atom stereocenters. The van der Waals surface area contributed by atoms with E-state index in [1.807, 2.05) is 0 Å². The zero-order chi connectivity index (χ0) is 14.8. The molecule has 0 spiro atoms. The maximum atomic E-state index is 13.0. The summed E-state index contributed by atoms with van der Waals surface area (Å²) in [7, 11) is 0. The van der Waals surface area contributed by atoms with Crippen molar-refractivity contribution in [1.29, 1.82) is 0 Å². The molecule has 5 heteroatoms. The molecule has 2 aromatic rings. The molecule has 1 nitrogen and oxygen atoms in total. The van der Waals surface area contributed by atoms with Gasteiger partial charge in [0.05, 0.1) is 16.3 Å². The summed E-state index contributed by atoms with van der Waals surface area (Å²) in [6, 6.07) is 12.0. The lowest BCUT2D eigenvalue weighted by atomic mass is 10.0. The maximum Gasteiger partial charge on any atom is 0.416 e. The SMILES string of the molecule is CC(Nc1ccccc1Cl)c1ccccc1C(F)(F)F. The van der Waals surface area contributed by atoms with Gasteiger partial charge in [-0.05, 0) is 30.7 Å². The molecule has 0 amide bonds. The number of rotatable bonds is 3. The van der Waals surface area contributed by atoms with Gasteiger partial charge in [-0.2, -0.15) is 13.2 Å². The van der Waals surface area contributed by atoms with Gasteiger partial charge in [0.25, 0.3) is 0 Å². The van der Waals surface area contributed by atoms with Gasteiger partial charge in [-0.15, -0.1) is 0 Å². The van der Waals surface area contributed by atoms with Crippen molar-refractivity contribution in [3.8, 4) is 0 Å². The second-order valence-corrected chi connectivity index (χ2v) is 4.84. The predicted molar refractivity (Wildman–Crippen MR) is 74.9 cm³/mol. The Bertz CT molecular complexity index is 596. The van der Waals surface area contributed by atoms with E-state index in [9.17, 15) is 13.2 Å². The van der Waals surface area contributed by atoms with Gasteiger partial charge in [0.1, 0.15) is 0 Å². The molecule has 0 aromatic heterocycles. The van der Waals surface area contributed by atoms with Crippen molar-refractivity contribution in [2.45, 2.75) is 19.1 Å². The lowest BCUT2D eigenvalue weighted by molar-refractivity contribution is -0.138. The van der Waals surface area contributed by atoms with Crippen LogP contribution in [0.1, 0.15) is 24.1 Å². The van der Waals surface area contributed by atoms with Gasteiger partial charge in [0.2, 0.25) is 0 Å². The molecule has 1 unspecified atom stereocenters. The van der Waals surface area contributed by atoms with Crippen molar-refractivity contribution in [2.75, 3.05) is 5.32 Å². The largest absolute Gasteiger partial charge is 0.416 e. The topological polar surface area (TPSA) is 12.0 Å². The number of hydrogen-bond donors (Lipinski definition) is 1. The minimum Gasteiger partial charge on any atom is -0.377 e. The highest BCUT2D eigenvalue weighted by atomic mass is 35.5. The molecule has 2 rings (SSSR count). The molecule has 0 saturated heterocycles. The van der Waals surface area contributed by atoms with Crippen LogP contribution in [0.5, 0.6) is 0 Å². The fourth-order valence-electron chi connectivity index (χ4n) is 2.02. The molecular formula is C15H13ClF3N. The van der Waals surface area contributed by atoms with Crippen LogP contribution in [-0.2, 0) is 6.18 Å². The van der Waals surface area contributed by atoms with Gasteiger partial charge in [-0.1, -0.05) is 41.9 Å². The van der Waals surface area contributed by atoms with Crippen LogP contribution in [-0.4, -0.2) is 0 Å². The van der Waals surface area contributed by atoms with Crippen LogP contribution in [0, 0.1) is 0 Å². The highest BCUT2D eigenvalue weighted by Gasteiger charge is 2.34. The molecule has 20 heavy (non-hydrogen) atoms. The summed E-state index contributed by atoms with van der Waals surface area (Å²) in [6.45, 7) is 1.67. The summed E-state index contributed by atoms with van der Waals surface area (Å²) < 4.78 is 38.9. The van der Waals surface area contributed by atoms with E-state index in [-0.39, 0.29) is 5.56 Å². The molecular weight excluding hydrogens is 287 g/mol. The van der Waals surface area contributed by atoms with Gasteiger partial charge in [-0.25, -0.2) is 0 Å². The van der Waals surface area contributed by atoms with Crippen LogP contribution in [0.3, 0.4) is 0 Å². The fraction of sp³-hybridized carbons (Fsp3) is 0.200. The van der Waals surface area contributed by atoms with Crippen molar-refractivity contribution < 1.29 is 13.2 Å². The molecule has 0 aliphatic rings. The standard InChI is InChI=1S/C15H13ClF3N/c1-10(20-14-9-5-4-8-13(14)16)11-6-2-3-7-12(11)15(17,18)19/h2-10,20H,1H3. The molecule has 0 fully saturated rings. The minimum atomic E-state index is -4.37. The van der Waals surface area contributed by atoms with Crippen LogP contribution in [0.25, 0.3) is 0 Å². The lowest BCUT2D eigenvalue weighted by Crippen LogP contribution is -2.15.